The van der Waals surface area contributed by atoms with Crippen LogP contribution in [0, 0.1) is 0 Å². The van der Waals surface area contributed by atoms with E-state index in [1.54, 1.807) is 31.2 Å². The highest BCUT2D eigenvalue weighted by Crippen LogP contribution is 2.30. The van der Waals surface area contributed by atoms with E-state index in [-0.39, 0.29) is 11.3 Å². The maximum atomic E-state index is 12.5. The molecule has 1 aromatic carbocycles. The van der Waals surface area contributed by atoms with Crippen LogP contribution in [-0.4, -0.2) is 45.2 Å². The second-order valence-electron chi connectivity index (χ2n) is 4.75. The van der Waals surface area contributed by atoms with Crippen LogP contribution in [0.3, 0.4) is 0 Å². The van der Waals surface area contributed by atoms with Crippen molar-refractivity contribution in [1.82, 2.24) is 4.90 Å². The normalized spacial score (nSPS) is 22.9. The predicted molar refractivity (Wildman–Crippen MR) is 81.7 cm³/mol. The van der Waals surface area contributed by atoms with Crippen LogP contribution in [0.25, 0.3) is 0 Å². The molecule has 1 amide bonds. The molecule has 3 atom stereocenters. The van der Waals surface area contributed by atoms with E-state index in [9.17, 15) is 14.7 Å². The Balaban J connectivity index is 2.09. The lowest BCUT2D eigenvalue weighted by Gasteiger charge is -2.28. The topological polar surface area (TPSA) is 66.8 Å². The molecule has 1 fully saturated rings. The van der Waals surface area contributed by atoms with E-state index < -0.39 is 18.1 Å². The molecule has 1 aromatic rings. The fraction of sp³-hybridized carbons (Fsp3) is 0.429. The number of amides is 1. The second-order valence-corrected chi connectivity index (χ2v) is 6.53. The fourth-order valence-electron chi connectivity index (χ4n) is 2.17. The summed E-state index contributed by atoms with van der Waals surface area (Å²) in [7, 11) is 0. The molecule has 1 aliphatic heterocycles. The number of carbonyl (C=O) groups is 2. The van der Waals surface area contributed by atoms with Gasteiger partial charge in [-0.25, -0.2) is 4.79 Å². The molecule has 0 aliphatic carbocycles. The predicted octanol–water partition coefficient (Wildman–Crippen LogP) is 2.48. The van der Waals surface area contributed by atoms with Crippen LogP contribution in [0.2, 0.25) is 5.02 Å². The summed E-state index contributed by atoms with van der Waals surface area (Å²) < 4.78 is 5.57. The molecule has 1 N–H and O–H groups in total. The Morgan fingerprint density at radius 3 is 2.86 bits per heavy atom. The Morgan fingerprint density at radius 2 is 2.24 bits per heavy atom. The highest BCUT2D eigenvalue weighted by Gasteiger charge is 2.41. The van der Waals surface area contributed by atoms with Gasteiger partial charge in [0.15, 0.2) is 6.10 Å². The third-order valence-electron chi connectivity index (χ3n) is 3.22. The second kappa shape index (κ2) is 6.58. The number of rotatable bonds is 4. The highest BCUT2D eigenvalue weighted by atomic mass is 35.5. The zero-order valence-electron chi connectivity index (χ0n) is 11.7. The Morgan fingerprint density at radius 1 is 1.52 bits per heavy atom. The third kappa shape index (κ3) is 3.63. The van der Waals surface area contributed by atoms with Crippen LogP contribution in [0.15, 0.2) is 24.3 Å². The maximum Gasteiger partial charge on any atom is 0.327 e. The van der Waals surface area contributed by atoms with E-state index in [0.717, 1.165) is 0 Å². The minimum Gasteiger partial charge on any atom is -0.481 e. The lowest BCUT2D eigenvalue weighted by atomic mass is 10.2. The van der Waals surface area contributed by atoms with Gasteiger partial charge in [-0.1, -0.05) is 17.7 Å². The van der Waals surface area contributed by atoms with Gasteiger partial charge in [-0.2, -0.15) is 0 Å². The van der Waals surface area contributed by atoms with Gasteiger partial charge in [-0.15, -0.1) is 11.8 Å². The summed E-state index contributed by atoms with van der Waals surface area (Å²) in [6.07, 6.45) is -0.772. The molecule has 21 heavy (non-hydrogen) atoms. The third-order valence-corrected chi connectivity index (χ3v) is 4.67. The van der Waals surface area contributed by atoms with E-state index in [4.69, 9.17) is 16.3 Å². The Kier molecular flexibility index (Phi) is 5.00. The molecule has 1 saturated heterocycles. The molecule has 1 heterocycles. The van der Waals surface area contributed by atoms with Gasteiger partial charge in [-0.3, -0.25) is 4.79 Å². The van der Waals surface area contributed by atoms with Crippen molar-refractivity contribution in [2.45, 2.75) is 31.4 Å². The van der Waals surface area contributed by atoms with Crippen molar-refractivity contribution in [1.29, 1.82) is 0 Å². The van der Waals surface area contributed by atoms with E-state index in [1.807, 2.05) is 6.92 Å². The first-order valence-electron chi connectivity index (χ1n) is 6.49. The zero-order chi connectivity index (χ0) is 15.6. The number of carboxylic acid groups (broad SMARTS) is 1. The van der Waals surface area contributed by atoms with E-state index in [2.05, 4.69) is 0 Å². The van der Waals surface area contributed by atoms with Crippen molar-refractivity contribution in [2.75, 3.05) is 5.75 Å². The molecule has 1 aliphatic rings. The number of thioether (sulfide) groups is 1. The molecule has 7 heteroatoms. The maximum absolute atomic E-state index is 12.5. The van der Waals surface area contributed by atoms with E-state index >= 15 is 0 Å². The molecule has 0 aromatic heterocycles. The standard InChI is InChI=1S/C14H16ClNO4S/c1-8(20-11-5-3-4-10(15)6-11)13(17)16-9(2)21-7-12(16)14(18)19/h3-6,8-9,12H,7H2,1-2H3,(H,18,19). The van der Waals surface area contributed by atoms with Crippen molar-refractivity contribution < 1.29 is 19.4 Å². The van der Waals surface area contributed by atoms with Crippen LogP contribution in [0.4, 0.5) is 0 Å². The van der Waals surface area contributed by atoms with Gasteiger partial charge in [0, 0.05) is 10.8 Å². The van der Waals surface area contributed by atoms with Crippen molar-refractivity contribution in [3.63, 3.8) is 0 Å². The zero-order valence-corrected chi connectivity index (χ0v) is 13.2. The molecule has 3 unspecified atom stereocenters. The highest BCUT2D eigenvalue weighted by molar-refractivity contribution is 8.00. The Bertz CT molecular complexity index is 554. The minimum atomic E-state index is -0.991. The van der Waals surface area contributed by atoms with E-state index in [0.29, 0.717) is 16.5 Å². The Labute approximate surface area is 132 Å². The molecule has 5 nitrogen and oxygen atoms in total. The summed E-state index contributed by atoms with van der Waals surface area (Å²) in [5.41, 5.74) is 0. The number of carbonyl (C=O) groups excluding carboxylic acids is 1. The first-order valence-corrected chi connectivity index (χ1v) is 7.91. The minimum absolute atomic E-state index is 0.177. The number of benzene rings is 1. The molecular weight excluding hydrogens is 314 g/mol. The van der Waals surface area contributed by atoms with Gasteiger partial charge in [0.1, 0.15) is 11.8 Å². The summed E-state index contributed by atoms with van der Waals surface area (Å²) in [5.74, 6) is -0.448. The van der Waals surface area contributed by atoms with Gasteiger partial charge < -0.3 is 14.7 Å². The monoisotopic (exact) mass is 329 g/mol. The smallest absolute Gasteiger partial charge is 0.327 e. The number of carboxylic acids is 1. The molecular formula is C14H16ClNO4S. The summed E-state index contributed by atoms with van der Waals surface area (Å²) >= 11 is 7.31. The molecule has 114 valence electrons. The largest absolute Gasteiger partial charge is 0.481 e. The summed E-state index contributed by atoms with van der Waals surface area (Å²) in [4.78, 5) is 25.1. The SMILES string of the molecule is CC(Oc1cccc(Cl)c1)C(=O)N1C(C)SCC1C(=O)O. The van der Waals surface area contributed by atoms with Crippen molar-refractivity contribution in [3.8, 4) is 5.75 Å². The number of halogens is 1. The molecule has 0 radical (unpaired) electrons. The van der Waals surface area contributed by atoms with Crippen molar-refractivity contribution >= 4 is 35.2 Å². The van der Waals surface area contributed by atoms with E-state index in [1.165, 1.54) is 16.7 Å². The van der Waals surface area contributed by atoms with Crippen LogP contribution in [0.1, 0.15) is 13.8 Å². The molecule has 0 spiro atoms. The number of hydrogen-bond acceptors (Lipinski definition) is 4. The van der Waals surface area contributed by atoms with Gasteiger partial charge in [0.2, 0.25) is 0 Å². The van der Waals surface area contributed by atoms with Crippen LogP contribution in [0.5, 0.6) is 5.75 Å². The Hall–Kier alpha value is -1.40. The lowest BCUT2D eigenvalue weighted by molar-refractivity contribution is -0.151. The number of aliphatic carboxylic acids is 1. The number of hydrogen-bond donors (Lipinski definition) is 1. The summed E-state index contributed by atoms with van der Waals surface area (Å²) in [5, 5.41) is 9.53. The number of nitrogens with zero attached hydrogens (tertiary/aromatic N) is 1. The van der Waals surface area contributed by atoms with Gasteiger partial charge >= 0.3 is 5.97 Å². The number of ether oxygens (including phenoxy) is 1. The van der Waals surface area contributed by atoms with Crippen LogP contribution >= 0.6 is 23.4 Å². The average Bonchev–Trinajstić information content (AvgIpc) is 2.80. The molecule has 0 bridgehead atoms. The molecule has 0 saturated carbocycles. The quantitative estimate of drug-likeness (QED) is 0.919. The molecule has 2 rings (SSSR count). The fourth-order valence-corrected chi connectivity index (χ4v) is 3.53. The van der Waals surface area contributed by atoms with Crippen molar-refractivity contribution in [3.05, 3.63) is 29.3 Å². The van der Waals surface area contributed by atoms with Crippen LogP contribution in [-0.2, 0) is 9.59 Å². The van der Waals surface area contributed by atoms with Crippen LogP contribution < -0.4 is 4.74 Å². The van der Waals surface area contributed by atoms with Gasteiger partial charge in [-0.05, 0) is 32.0 Å². The first-order chi connectivity index (χ1) is 9.90. The summed E-state index contributed by atoms with van der Waals surface area (Å²) in [6, 6.07) is 5.95. The lowest BCUT2D eigenvalue weighted by Crippen LogP contribution is -2.49. The summed E-state index contributed by atoms with van der Waals surface area (Å²) in [6.45, 7) is 3.43. The van der Waals surface area contributed by atoms with Crippen molar-refractivity contribution in [2.24, 2.45) is 0 Å². The van der Waals surface area contributed by atoms with Gasteiger partial charge in [0.25, 0.3) is 5.91 Å². The first kappa shape index (κ1) is 16.0. The average molecular weight is 330 g/mol. The van der Waals surface area contributed by atoms with Gasteiger partial charge in [0.05, 0.1) is 5.37 Å².